The minimum atomic E-state index is -0.632. The molecule has 0 rings (SSSR count). The van der Waals surface area contributed by atoms with Gasteiger partial charge in [0.15, 0.2) is 4.36 Å². The Morgan fingerprint density at radius 3 is 2.33 bits per heavy atom. The van der Waals surface area contributed by atoms with E-state index in [2.05, 4.69) is 22.9 Å². The molecule has 18 heavy (non-hydrogen) atoms. The zero-order valence-electron chi connectivity index (χ0n) is 9.72. The molecular formula is C10H13BrCl3NO2S. The molecule has 0 radical (unpaired) electrons. The van der Waals surface area contributed by atoms with E-state index in [-0.39, 0.29) is 19.0 Å². The van der Waals surface area contributed by atoms with E-state index in [0.717, 1.165) is 31.4 Å². The third-order valence-electron chi connectivity index (χ3n) is 1.97. The number of allylic oxidation sites excluding steroid dienone is 1. The summed E-state index contributed by atoms with van der Waals surface area (Å²) in [6.07, 6.45) is 4.34. The Bertz CT molecular complexity index is 357. The van der Waals surface area contributed by atoms with Crippen LogP contribution in [0.25, 0.3) is 0 Å². The predicted octanol–water partition coefficient (Wildman–Crippen LogP) is 6.03. The standard InChI is InChI=1S/C10H13BrCl3NO2S/c1-2-3-4-5-6-18-10(14)8(15(16)17)7(12)9(11)13/h2-6H2,1H3/b9-7-,10-8-. The first-order chi connectivity index (χ1) is 8.41. The van der Waals surface area contributed by atoms with E-state index < -0.39 is 4.92 Å². The van der Waals surface area contributed by atoms with E-state index in [9.17, 15) is 10.1 Å². The molecule has 0 aliphatic rings. The van der Waals surface area contributed by atoms with Crippen molar-refractivity contribution in [2.45, 2.75) is 32.6 Å². The van der Waals surface area contributed by atoms with E-state index in [1.807, 2.05) is 0 Å². The number of nitrogens with zero attached hydrogens (tertiary/aromatic N) is 1. The third-order valence-corrected chi connectivity index (χ3v) is 4.69. The Hall–Kier alpha value is 0.580. The van der Waals surface area contributed by atoms with Crippen molar-refractivity contribution in [3.63, 3.8) is 0 Å². The lowest BCUT2D eigenvalue weighted by Gasteiger charge is -2.02. The summed E-state index contributed by atoms with van der Waals surface area (Å²) in [6, 6.07) is 0. The van der Waals surface area contributed by atoms with Gasteiger partial charge in [0, 0.05) is 0 Å². The van der Waals surface area contributed by atoms with Crippen molar-refractivity contribution in [1.82, 2.24) is 0 Å². The quantitative estimate of drug-likeness (QED) is 0.217. The fourth-order valence-corrected chi connectivity index (χ4v) is 2.87. The van der Waals surface area contributed by atoms with Crippen LogP contribution in [-0.2, 0) is 0 Å². The normalized spacial score (nSPS) is 14.1. The van der Waals surface area contributed by atoms with Crippen molar-refractivity contribution in [3.8, 4) is 0 Å². The number of hydrogen-bond donors (Lipinski definition) is 0. The van der Waals surface area contributed by atoms with Gasteiger partial charge in [-0.15, -0.1) is 11.8 Å². The average molecular weight is 398 g/mol. The van der Waals surface area contributed by atoms with Gasteiger partial charge in [0.05, 0.1) is 4.92 Å². The molecule has 0 atom stereocenters. The first-order valence-electron chi connectivity index (χ1n) is 5.29. The van der Waals surface area contributed by atoms with Crippen LogP contribution in [0.4, 0.5) is 0 Å². The van der Waals surface area contributed by atoms with Crippen LogP contribution in [0.1, 0.15) is 32.6 Å². The first-order valence-corrected chi connectivity index (χ1v) is 8.21. The highest BCUT2D eigenvalue weighted by Gasteiger charge is 2.24. The minimum Gasteiger partial charge on any atom is -0.258 e. The molecule has 0 heterocycles. The van der Waals surface area contributed by atoms with E-state index >= 15 is 0 Å². The molecule has 3 nitrogen and oxygen atoms in total. The zero-order valence-corrected chi connectivity index (χ0v) is 14.4. The Kier molecular flexibility index (Phi) is 10.7. The predicted molar refractivity (Wildman–Crippen MR) is 84.1 cm³/mol. The van der Waals surface area contributed by atoms with Crippen LogP contribution in [-0.4, -0.2) is 10.7 Å². The van der Waals surface area contributed by atoms with Crippen molar-refractivity contribution in [2.24, 2.45) is 0 Å². The van der Waals surface area contributed by atoms with Crippen molar-refractivity contribution in [2.75, 3.05) is 5.75 Å². The summed E-state index contributed by atoms with van der Waals surface area (Å²) < 4.78 is 0.0275. The number of unbranched alkanes of at least 4 members (excludes halogenated alkanes) is 3. The molecule has 0 bridgehead atoms. The van der Waals surface area contributed by atoms with Gasteiger partial charge in [0.2, 0.25) is 0 Å². The monoisotopic (exact) mass is 395 g/mol. The van der Waals surface area contributed by atoms with Crippen LogP contribution in [0.3, 0.4) is 0 Å². The van der Waals surface area contributed by atoms with Crippen LogP contribution in [0.5, 0.6) is 0 Å². The number of thioether (sulfide) groups is 1. The van der Waals surface area contributed by atoms with E-state index in [4.69, 9.17) is 34.8 Å². The van der Waals surface area contributed by atoms with Crippen LogP contribution in [0, 0.1) is 10.1 Å². The second-order valence-electron chi connectivity index (χ2n) is 3.36. The van der Waals surface area contributed by atoms with Crippen LogP contribution in [0.15, 0.2) is 19.0 Å². The number of halogens is 4. The van der Waals surface area contributed by atoms with Crippen molar-refractivity contribution in [1.29, 1.82) is 0 Å². The Balaban J connectivity index is 4.61. The number of rotatable bonds is 8. The van der Waals surface area contributed by atoms with Gasteiger partial charge >= 0.3 is 5.70 Å². The fourth-order valence-electron chi connectivity index (χ4n) is 1.09. The van der Waals surface area contributed by atoms with Crippen LogP contribution < -0.4 is 0 Å². The van der Waals surface area contributed by atoms with Gasteiger partial charge in [-0.1, -0.05) is 61.0 Å². The van der Waals surface area contributed by atoms with Gasteiger partial charge in [0.25, 0.3) is 0 Å². The van der Waals surface area contributed by atoms with Gasteiger partial charge in [-0.05, 0) is 28.1 Å². The summed E-state index contributed by atoms with van der Waals surface area (Å²) in [5, 5.41) is 10.7. The first kappa shape index (κ1) is 18.6. The molecule has 0 aromatic carbocycles. The minimum absolute atomic E-state index is 0.0272. The summed E-state index contributed by atoms with van der Waals surface area (Å²) >= 11 is 21.3. The highest BCUT2D eigenvalue weighted by Crippen LogP contribution is 2.34. The largest absolute Gasteiger partial charge is 0.314 e. The summed E-state index contributed by atoms with van der Waals surface area (Å²) in [5.74, 6) is 0.722. The lowest BCUT2D eigenvalue weighted by atomic mass is 10.2. The molecule has 0 saturated carbocycles. The maximum absolute atomic E-state index is 10.9. The zero-order chi connectivity index (χ0) is 14.1. The molecule has 104 valence electrons. The molecule has 0 saturated heterocycles. The van der Waals surface area contributed by atoms with Gasteiger partial charge in [-0.3, -0.25) is 10.1 Å². The third kappa shape index (κ3) is 7.24. The molecule has 0 fully saturated rings. The number of nitro groups is 1. The van der Waals surface area contributed by atoms with Crippen LogP contribution >= 0.6 is 62.5 Å². The SMILES string of the molecule is CCCCCCS/C(Cl)=C(/C(Cl)=C(/Cl)Br)[N+](=O)[O-]. The lowest BCUT2D eigenvalue weighted by molar-refractivity contribution is -0.419. The fraction of sp³-hybridized carbons (Fsp3) is 0.600. The van der Waals surface area contributed by atoms with Gasteiger partial charge in [-0.2, -0.15) is 0 Å². The smallest absolute Gasteiger partial charge is 0.258 e. The molecular weight excluding hydrogens is 384 g/mol. The van der Waals surface area contributed by atoms with Gasteiger partial charge in [0.1, 0.15) is 8.97 Å². The highest BCUT2D eigenvalue weighted by molar-refractivity contribution is 9.12. The Labute approximate surface area is 134 Å². The second-order valence-corrected chi connectivity index (χ2v) is 7.08. The summed E-state index contributed by atoms with van der Waals surface area (Å²) in [4.78, 5) is 10.2. The van der Waals surface area contributed by atoms with Crippen molar-refractivity contribution in [3.05, 3.63) is 29.1 Å². The Morgan fingerprint density at radius 1 is 1.28 bits per heavy atom. The number of hydrogen-bond acceptors (Lipinski definition) is 3. The maximum atomic E-state index is 10.9. The summed E-state index contributed by atoms with van der Waals surface area (Å²) in [5.41, 5.74) is -0.360. The molecule has 0 aliphatic heterocycles. The molecule has 0 aromatic rings. The van der Waals surface area contributed by atoms with Gasteiger partial charge in [-0.25, -0.2) is 0 Å². The summed E-state index contributed by atoms with van der Waals surface area (Å²) in [6.45, 7) is 2.12. The molecule has 0 unspecified atom stereocenters. The van der Waals surface area contributed by atoms with E-state index in [1.54, 1.807) is 0 Å². The topological polar surface area (TPSA) is 43.1 Å². The van der Waals surface area contributed by atoms with Crippen LogP contribution in [0.2, 0.25) is 0 Å². The Morgan fingerprint density at radius 2 is 1.89 bits per heavy atom. The van der Waals surface area contributed by atoms with Gasteiger partial charge < -0.3 is 0 Å². The molecule has 0 aliphatic carbocycles. The lowest BCUT2D eigenvalue weighted by Crippen LogP contribution is -2.01. The summed E-state index contributed by atoms with van der Waals surface area (Å²) in [7, 11) is 0. The highest BCUT2D eigenvalue weighted by atomic mass is 79.9. The van der Waals surface area contributed by atoms with E-state index in [0.29, 0.717) is 0 Å². The van der Waals surface area contributed by atoms with Crippen molar-refractivity contribution < 1.29 is 4.92 Å². The second kappa shape index (κ2) is 10.4. The molecule has 0 aromatic heterocycles. The maximum Gasteiger partial charge on any atom is 0.314 e. The molecule has 0 spiro atoms. The molecule has 8 heteroatoms. The molecule has 0 amide bonds. The van der Waals surface area contributed by atoms with E-state index in [1.165, 1.54) is 11.8 Å². The average Bonchev–Trinajstić information content (AvgIpc) is 2.28. The van der Waals surface area contributed by atoms with Crippen molar-refractivity contribution >= 4 is 62.5 Å². The molecule has 0 N–H and O–H groups in total.